The largest absolute Gasteiger partial charge is 0.339 e. The number of halogens is 1. The van der Waals surface area contributed by atoms with Gasteiger partial charge in [-0.3, -0.25) is 0 Å². The van der Waals surface area contributed by atoms with Gasteiger partial charge in [0.05, 0.1) is 17.9 Å². The molecule has 1 aliphatic carbocycles. The maximum absolute atomic E-state index is 8.79. The van der Waals surface area contributed by atoms with Crippen LogP contribution in [0.15, 0.2) is 27.2 Å². The molecule has 0 N–H and O–H groups in total. The summed E-state index contributed by atoms with van der Waals surface area (Å²) in [6.07, 6.45) is 0.831. The second-order valence-corrected chi connectivity index (χ2v) is 5.41. The highest BCUT2D eigenvalue weighted by atomic mass is 79.9. The van der Waals surface area contributed by atoms with Crippen molar-refractivity contribution in [2.45, 2.75) is 19.3 Å². The quantitative estimate of drug-likeness (QED) is 0.852. The molecule has 1 aliphatic rings. The molecule has 0 amide bonds. The Kier molecular flexibility index (Phi) is 2.67. The van der Waals surface area contributed by atoms with E-state index >= 15 is 0 Å². The summed E-state index contributed by atoms with van der Waals surface area (Å²) in [7, 11) is 0. The molecule has 18 heavy (non-hydrogen) atoms. The lowest BCUT2D eigenvalue weighted by Crippen LogP contribution is -1.86. The Morgan fingerprint density at radius 3 is 3.00 bits per heavy atom. The van der Waals surface area contributed by atoms with E-state index < -0.39 is 0 Å². The number of nitrogens with zero attached hydrogens (tertiary/aromatic N) is 3. The molecule has 4 nitrogen and oxygen atoms in total. The number of hydrogen-bond donors (Lipinski definition) is 0. The van der Waals surface area contributed by atoms with Crippen molar-refractivity contribution >= 4 is 15.9 Å². The fourth-order valence-electron chi connectivity index (χ4n) is 1.98. The molecule has 0 radical (unpaired) electrons. The lowest BCUT2D eigenvalue weighted by atomic mass is 10.1. The van der Waals surface area contributed by atoms with E-state index in [0.717, 1.165) is 22.0 Å². The van der Waals surface area contributed by atoms with Gasteiger partial charge in [-0.05, 0) is 37.1 Å². The Hall–Kier alpha value is -1.67. The second-order valence-electron chi connectivity index (χ2n) is 4.49. The zero-order valence-corrected chi connectivity index (χ0v) is 11.3. The van der Waals surface area contributed by atoms with Crippen molar-refractivity contribution in [2.24, 2.45) is 5.92 Å². The summed E-state index contributed by atoms with van der Waals surface area (Å²) < 4.78 is 6.26. The number of benzene rings is 1. The molecule has 0 spiro atoms. The predicted molar refractivity (Wildman–Crippen MR) is 68.6 cm³/mol. The molecule has 2 atom stereocenters. The van der Waals surface area contributed by atoms with E-state index in [1.165, 1.54) is 0 Å². The van der Waals surface area contributed by atoms with Crippen LogP contribution in [-0.2, 0) is 0 Å². The predicted octanol–water partition coefficient (Wildman–Crippen LogP) is 3.43. The summed E-state index contributed by atoms with van der Waals surface area (Å²) in [6.45, 7) is 2.01. The molecule has 1 fully saturated rings. The first-order chi connectivity index (χ1) is 8.69. The average molecular weight is 304 g/mol. The highest BCUT2D eigenvalue weighted by molar-refractivity contribution is 9.10. The van der Waals surface area contributed by atoms with Crippen LogP contribution in [0.5, 0.6) is 0 Å². The molecule has 0 saturated heterocycles. The molecular formula is C13H10BrN3O. The maximum Gasteiger partial charge on any atom is 0.231 e. The van der Waals surface area contributed by atoms with Crippen molar-refractivity contribution in [1.82, 2.24) is 10.1 Å². The summed E-state index contributed by atoms with van der Waals surface area (Å²) in [5.74, 6) is 1.36. The SMILES string of the molecule is Cc1cc(Br)ccc1-c1noc(C2CC2C#N)n1. The Morgan fingerprint density at radius 2 is 2.33 bits per heavy atom. The fourth-order valence-corrected chi connectivity index (χ4v) is 2.46. The topological polar surface area (TPSA) is 62.7 Å². The number of aromatic nitrogens is 2. The Balaban J connectivity index is 1.92. The average Bonchev–Trinajstić information content (AvgIpc) is 2.99. The normalized spacial score (nSPS) is 21.6. The molecule has 2 unspecified atom stereocenters. The van der Waals surface area contributed by atoms with Gasteiger partial charge in [-0.15, -0.1) is 0 Å². The third kappa shape index (κ3) is 1.93. The van der Waals surface area contributed by atoms with Gasteiger partial charge >= 0.3 is 0 Å². The number of hydrogen-bond acceptors (Lipinski definition) is 4. The van der Waals surface area contributed by atoms with Crippen LogP contribution in [0.2, 0.25) is 0 Å². The van der Waals surface area contributed by atoms with E-state index in [1.807, 2.05) is 25.1 Å². The van der Waals surface area contributed by atoms with E-state index in [1.54, 1.807) is 0 Å². The zero-order valence-electron chi connectivity index (χ0n) is 9.72. The van der Waals surface area contributed by atoms with Crippen LogP contribution in [0.25, 0.3) is 11.4 Å². The van der Waals surface area contributed by atoms with Crippen molar-refractivity contribution in [1.29, 1.82) is 5.26 Å². The fraction of sp³-hybridized carbons (Fsp3) is 0.308. The monoisotopic (exact) mass is 303 g/mol. The first-order valence-corrected chi connectivity index (χ1v) is 6.48. The van der Waals surface area contributed by atoms with Gasteiger partial charge in [0.1, 0.15) is 0 Å². The van der Waals surface area contributed by atoms with E-state index in [-0.39, 0.29) is 11.8 Å². The molecule has 1 heterocycles. The first kappa shape index (κ1) is 11.4. The van der Waals surface area contributed by atoms with Crippen molar-refractivity contribution in [3.05, 3.63) is 34.1 Å². The van der Waals surface area contributed by atoms with Gasteiger partial charge in [0, 0.05) is 10.0 Å². The summed E-state index contributed by atoms with van der Waals surface area (Å²) in [5, 5.41) is 12.8. The number of aryl methyl sites for hydroxylation is 1. The van der Waals surface area contributed by atoms with Crippen LogP contribution in [0.1, 0.15) is 23.8 Å². The van der Waals surface area contributed by atoms with E-state index in [2.05, 4.69) is 32.1 Å². The third-order valence-electron chi connectivity index (χ3n) is 3.14. The maximum atomic E-state index is 8.79. The minimum atomic E-state index is 0.0457. The number of nitriles is 1. The Labute approximate surface area is 113 Å². The van der Waals surface area contributed by atoms with Crippen molar-refractivity contribution in [3.8, 4) is 17.5 Å². The lowest BCUT2D eigenvalue weighted by Gasteiger charge is -2.00. The standard InChI is InChI=1S/C13H10BrN3O/c1-7-4-9(14)2-3-10(7)12-16-13(18-17-12)11-5-8(11)6-15/h2-4,8,11H,5H2,1H3. The van der Waals surface area contributed by atoms with Crippen LogP contribution in [0.3, 0.4) is 0 Å². The lowest BCUT2D eigenvalue weighted by molar-refractivity contribution is 0.378. The van der Waals surface area contributed by atoms with Gasteiger partial charge in [-0.2, -0.15) is 10.2 Å². The zero-order chi connectivity index (χ0) is 12.7. The van der Waals surface area contributed by atoms with Crippen molar-refractivity contribution in [2.75, 3.05) is 0 Å². The molecule has 2 aromatic rings. The number of rotatable bonds is 2. The molecule has 1 aromatic carbocycles. The summed E-state index contributed by atoms with van der Waals surface area (Å²) in [5.41, 5.74) is 2.05. The van der Waals surface area contributed by atoms with Gasteiger partial charge in [-0.1, -0.05) is 21.1 Å². The molecule has 0 bridgehead atoms. The first-order valence-electron chi connectivity index (χ1n) is 5.69. The highest BCUT2D eigenvalue weighted by Crippen LogP contribution is 2.46. The van der Waals surface area contributed by atoms with Crippen LogP contribution < -0.4 is 0 Å². The summed E-state index contributed by atoms with van der Waals surface area (Å²) in [4.78, 5) is 4.39. The second kappa shape index (κ2) is 4.21. The van der Waals surface area contributed by atoms with Gasteiger partial charge in [0.2, 0.25) is 11.7 Å². The van der Waals surface area contributed by atoms with Crippen LogP contribution in [0.4, 0.5) is 0 Å². The van der Waals surface area contributed by atoms with Crippen LogP contribution >= 0.6 is 15.9 Å². The Morgan fingerprint density at radius 1 is 1.50 bits per heavy atom. The minimum absolute atomic E-state index is 0.0457. The Bertz CT molecular complexity index is 644. The molecule has 5 heteroatoms. The van der Waals surface area contributed by atoms with E-state index in [0.29, 0.717) is 11.7 Å². The molecule has 3 rings (SSSR count). The highest BCUT2D eigenvalue weighted by Gasteiger charge is 2.43. The summed E-state index contributed by atoms with van der Waals surface area (Å²) in [6, 6.07) is 8.15. The molecule has 90 valence electrons. The van der Waals surface area contributed by atoms with Crippen molar-refractivity contribution < 1.29 is 4.52 Å². The van der Waals surface area contributed by atoms with E-state index in [9.17, 15) is 0 Å². The van der Waals surface area contributed by atoms with E-state index in [4.69, 9.17) is 9.78 Å². The molecule has 1 aromatic heterocycles. The molecular weight excluding hydrogens is 294 g/mol. The summed E-state index contributed by atoms with van der Waals surface area (Å²) >= 11 is 3.42. The van der Waals surface area contributed by atoms with Crippen LogP contribution in [-0.4, -0.2) is 10.1 Å². The van der Waals surface area contributed by atoms with Crippen molar-refractivity contribution in [3.63, 3.8) is 0 Å². The van der Waals surface area contributed by atoms with Crippen LogP contribution in [0, 0.1) is 24.2 Å². The van der Waals surface area contributed by atoms with Gasteiger partial charge in [0.25, 0.3) is 0 Å². The molecule has 1 saturated carbocycles. The van der Waals surface area contributed by atoms with Gasteiger partial charge < -0.3 is 4.52 Å². The van der Waals surface area contributed by atoms with Gasteiger partial charge in [0.15, 0.2) is 0 Å². The third-order valence-corrected chi connectivity index (χ3v) is 3.64. The van der Waals surface area contributed by atoms with Gasteiger partial charge in [-0.25, -0.2) is 0 Å². The molecule has 0 aliphatic heterocycles. The smallest absolute Gasteiger partial charge is 0.231 e. The minimum Gasteiger partial charge on any atom is -0.339 e.